The molecule has 3 atom stereocenters. The zero-order valence-corrected chi connectivity index (χ0v) is 22.4. The number of anilines is 1. The monoisotopic (exact) mass is 542 g/mol. The molecule has 0 aromatic heterocycles. The maximum atomic E-state index is 13.3. The van der Waals surface area contributed by atoms with Crippen molar-refractivity contribution in [3.63, 3.8) is 0 Å². The topological polar surface area (TPSA) is 67.2 Å². The van der Waals surface area contributed by atoms with Crippen LogP contribution in [0.1, 0.15) is 42.5 Å². The molecule has 0 radical (unpaired) electrons. The zero-order valence-electron chi connectivity index (χ0n) is 21.6. The van der Waals surface area contributed by atoms with Crippen LogP contribution in [0.25, 0.3) is 11.1 Å². The Bertz CT molecular complexity index is 1450. The molecule has 4 aromatic carbocycles. The molecular weight excluding hydrogens is 511 g/mol. The standard InChI is InChI=1S/C32H31FN2O3S/c1-34-28(11-6-12-29(37)21-13-16-24(33)17-14-21)31(35(32(34)39)25-8-3-2-4-9-25)27-18-15-23(20-30(27)38)22-7-5-10-26(36)19-22/h2-5,7-10,13-20,28-29,31,36-38H,6,11-12H2,1H3/t28-,29?,31-/m1/s1. The van der Waals surface area contributed by atoms with Gasteiger partial charge >= 0.3 is 0 Å². The van der Waals surface area contributed by atoms with Crippen LogP contribution < -0.4 is 4.90 Å². The molecular formula is C32H31FN2O3S. The highest BCUT2D eigenvalue weighted by Crippen LogP contribution is 2.44. The maximum absolute atomic E-state index is 13.3. The number of rotatable bonds is 8. The van der Waals surface area contributed by atoms with E-state index in [4.69, 9.17) is 12.2 Å². The molecule has 1 fully saturated rings. The van der Waals surface area contributed by atoms with Crippen LogP contribution in [0.4, 0.5) is 10.1 Å². The second-order valence-electron chi connectivity index (χ2n) is 9.93. The average molecular weight is 543 g/mol. The van der Waals surface area contributed by atoms with Gasteiger partial charge in [-0.1, -0.05) is 54.6 Å². The van der Waals surface area contributed by atoms with E-state index in [0.717, 1.165) is 28.8 Å². The lowest BCUT2D eigenvalue weighted by atomic mass is 9.91. The van der Waals surface area contributed by atoms with E-state index in [-0.39, 0.29) is 29.4 Å². The first-order valence-electron chi connectivity index (χ1n) is 13.0. The van der Waals surface area contributed by atoms with Gasteiger partial charge in [0.1, 0.15) is 17.3 Å². The van der Waals surface area contributed by atoms with Crippen LogP contribution in [-0.2, 0) is 0 Å². The number of aliphatic hydroxyl groups is 1. The minimum absolute atomic E-state index is 0.0596. The van der Waals surface area contributed by atoms with Crippen molar-refractivity contribution >= 4 is 23.0 Å². The minimum Gasteiger partial charge on any atom is -0.508 e. The van der Waals surface area contributed by atoms with Gasteiger partial charge in [-0.05, 0) is 90.6 Å². The molecule has 39 heavy (non-hydrogen) atoms. The van der Waals surface area contributed by atoms with E-state index in [9.17, 15) is 19.7 Å². The quantitative estimate of drug-likeness (QED) is 0.209. The number of phenols is 2. The molecule has 1 heterocycles. The highest BCUT2D eigenvalue weighted by Gasteiger charge is 2.43. The van der Waals surface area contributed by atoms with Crippen molar-refractivity contribution in [1.82, 2.24) is 4.90 Å². The zero-order chi connectivity index (χ0) is 27.5. The van der Waals surface area contributed by atoms with Crippen LogP contribution in [0.15, 0.2) is 97.1 Å². The third-order valence-corrected chi connectivity index (χ3v) is 7.93. The Morgan fingerprint density at radius 1 is 0.872 bits per heavy atom. The van der Waals surface area contributed by atoms with Gasteiger partial charge in [0.15, 0.2) is 5.11 Å². The third-order valence-electron chi connectivity index (χ3n) is 7.44. The molecule has 1 aliphatic rings. The molecule has 0 aliphatic carbocycles. The van der Waals surface area contributed by atoms with E-state index in [1.807, 2.05) is 55.6 Å². The Balaban J connectivity index is 1.44. The third kappa shape index (κ3) is 5.60. The molecule has 0 amide bonds. The molecule has 3 N–H and O–H groups in total. The first-order chi connectivity index (χ1) is 18.8. The predicted octanol–water partition coefficient (Wildman–Crippen LogP) is 6.95. The van der Waals surface area contributed by atoms with Gasteiger partial charge in [0.25, 0.3) is 0 Å². The summed E-state index contributed by atoms with van der Waals surface area (Å²) in [6.07, 6.45) is 1.25. The highest BCUT2D eigenvalue weighted by atomic mass is 32.1. The van der Waals surface area contributed by atoms with Crippen LogP contribution >= 0.6 is 12.2 Å². The number of nitrogens with zero attached hydrogens (tertiary/aromatic N) is 2. The Hall–Kier alpha value is -3.94. The number of halogens is 1. The van der Waals surface area contributed by atoms with Gasteiger partial charge in [0.2, 0.25) is 0 Å². The van der Waals surface area contributed by atoms with E-state index in [1.54, 1.807) is 36.4 Å². The van der Waals surface area contributed by atoms with Gasteiger partial charge in [-0.15, -0.1) is 0 Å². The van der Waals surface area contributed by atoms with Gasteiger partial charge in [-0.2, -0.15) is 0 Å². The first-order valence-corrected chi connectivity index (χ1v) is 13.4. The molecule has 5 rings (SSSR count). The fraction of sp³-hybridized carbons (Fsp3) is 0.219. The normalized spacial score (nSPS) is 18.0. The fourth-order valence-electron chi connectivity index (χ4n) is 5.40. The Morgan fingerprint density at radius 3 is 2.28 bits per heavy atom. The fourth-order valence-corrected chi connectivity index (χ4v) is 5.76. The predicted molar refractivity (Wildman–Crippen MR) is 156 cm³/mol. The number of hydrogen-bond acceptors (Lipinski definition) is 4. The van der Waals surface area contributed by atoms with E-state index < -0.39 is 6.10 Å². The lowest BCUT2D eigenvalue weighted by Crippen LogP contribution is -2.30. The van der Waals surface area contributed by atoms with Gasteiger partial charge in [0.05, 0.1) is 18.2 Å². The Morgan fingerprint density at radius 2 is 1.59 bits per heavy atom. The molecule has 5 nitrogen and oxygen atoms in total. The van der Waals surface area contributed by atoms with E-state index in [1.165, 1.54) is 12.1 Å². The molecule has 7 heteroatoms. The number of aliphatic hydroxyl groups excluding tert-OH is 1. The number of phenolic OH excluding ortho intramolecular Hbond substituents is 2. The number of aromatic hydroxyl groups is 2. The second-order valence-corrected chi connectivity index (χ2v) is 10.3. The summed E-state index contributed by atoms with van der Waals surface area (Å²) in [5.74, 6) is -0.0148. The van der Waals surface area contributed by atoms with Crippen molar-refractivity contribution in [2.75, 3.05) is 11.9 Å². The smallest absolute Gasteiger partial charge is 0.176 e. The van der Waals surface area contributed by atoms with Gasteiger partial charge in [0, 0.05) is 18.3 Å². The van der Waals surface area contributed by atoms with E-state index in [2.05, 4.69) is 9.80 Å². The number of hydrogen-bond donors (Lipinski definition) is 3. The molecule has 0 spiro atoms. The largest absolute Gasteiger partial charge is 0.508 e. The first kappa shape index (κ1) is 26.7. The Labute approximate surface area is 233 Å². The summed E-state index contributed by atoms with van der Waals surface area (Å²) in [6.45, 7) is 0. The van der Waals surface area contributed by atoms with Crippen LogP contribution in [0, 0.1) is 5.82 Å². The number of benzene rings is 4. The molecule has 200 valence electrons. The summed E-state index contributed by atoms with van der Waals surface area (Å²) in [7, 11) is 1.97. The molecule has 0 bridgehead atoms. The average Bonchev–Trinajstić information content (AvgIpc) is 3.18. The van der Waals surface area contributed by atoms with Crippen molar-refractivity contribution in [1.29, 1.82) is 0 Å². The summed E-state index contributed by atoms with van der Waals surface area (Å²) in [6, 6.07) is 28.1. The van der Waals surface area contributed by atoms with Crippen molar-refractivity contribution in [3.05, 3.63) is 114 Å². The maximum Gasteiger partial charge on any atom is 0.176 e. The summed E-state index contributed by atoms with van der Waals surface area (Å²) in [5, 5.41) is 32.6. The Kier molecular flexibility index (Phi) is 7.82. The van der Waals surface area contributed by atoms with Crippen LogP contribution in [0.5, 0.6) is 11.5 Å². The lowest BCUT2D eigenvalue weighted by molar-refractivity contribution is 0.159. The molecule has 1 unspecified atom stereocenters. The van der Waals surface area contributed by atoms with Crippen molar-refractivity contribution in [3.8, 4) is 22.6 Å². The van der Waals surface area contributed by atoms with E-state index >= 15 is 0 Å². The van der Waals surface area contributed by atoms with Crippen molar-refractivity contribution in [2.45, 2.75) is 37.5 Å². The summed E-state index contributed by atoms with van der Waals surface area (Å²) in [5.41, 5.74) is 3.98. The molecule has 1 saturated heterocycles. The molecule has 4 aromatic rings. The SMILES string of the molecule is CN1C(=S)N(c2ccccc2)[C@H](c2ccc(-c3cccc(O)c3)cc2O)[C@H]1CCCC(O)c1ccc(F)cc1. The van der Waals surface area contributed by atoms with Crippen molar-refractivity contribution < 1.29 is 19.7 Å². The number of likely N-dealkylation sites (N-methyl/N-ethyl adjacent to an activating group) is 1. The van der Waals surface area contributed by atoms with Crippen LogP contribution in [0.2, 0.25) is 0 Å². The summed E-state index contributed by atoms with van der Waals surface area (Å²) in [4.78, 5) is 4.15. The summed E-state index contributed by atoms with van der Waals surface area (Å²) >= 11 is 5.91. The second kappa shape index (κ2) is 11.4. The van der Waals surface area contributed by atoms with Crippen LogP contribution in [0.3, 0.4) is 0 Å². The number of para-hydroxylation sites is 1. The highest BCUT2D eigenvalue weighted by molar-refractivity contribution is 7.80. The van der Waals surface area contributed by atoms with E-state index in [0.29, 0.717) is 23.5 Å². The lowest BCUT2D eigenvalue weighted by Gasteiger charge is -2.29. The van der Waals surface area contributed by atoms with Gasteiger partial charge in [-0.25, -0.2) is 4.39 Å². The van der Waals surface area contributed by atoms with Gasteiger partial charge in [-0.3, -0.25) is 0 Å². The molecule has 0 saturated carbocycles. The summed E-state index contributed by atoms with van der Waals surface area (Å²) < 4.78 is 13.3. The van der Waals surface area contributed by atoms with Crippen LogP contribution in [-0.4, -0.2) is 38.4 Å². The minimum atomic E-state index is -0.692. The van der Waals surface area contributed by atoms with Crippen molar-refractivity contribution in [2.24, 2.45) is 0 Å². The van der Waals surface area contributed by atoms with Gasteiger partial charge < -0.3 is 25.1 Å². The number of thiocarbonyl (C=S) groups is 1. The molecule has 1 aliphatic heterocycles.